The first-order valence-electron chi connectivity index (χ1n) is 11.7. The van der Waals surface area contributed by atoms with E-state index < -0.39 is 0 Å². The summed E-state index contributed by atoms with van der Waals surface area (Å²) < 4.78 is 5.81. The van der Waals surface area contributed by atoms with Crippen LogP contribution in [0.4, 0.5) is 4.79 Å². The highest BCUT2D eigenvalue weighted by atomic mass is 16.6. The Morgan fingerprint density at radius 2 is 1.58 bits per heavy atom. The van der Waals surface area contributed by atoms with Gasteiger partial charge in [-0.25, -0.2) is 4.79 Å². The molecule has 0 unspecified atom stereocenters. The molecular formula is C27H31NO3. The van der Waals surface area contributed by atoms with Gasteiger partial charge in [0.2, 0.25) is 0 Å². The molecule has 1 saturated heterocycles. The molecular weight excluding hydrogens is 386 g/mol. The van der Waals surface area contributed by atoms with Gasteiger partial charge in [0.25, 0.3) is 0 Å². The summed E-state index contributed by atoms with van der Waals surface area (Å²) in [6.07, 6.45) is 7.05. The molecule has 0 atom stereocenters. The number of fused-ring (bicyclic) bond motifs is 3. The molecule has 0 spiro atoms. The third-order valence-electron chi connectivity index (χ3n) is 7.14. The van der Waals surface area contributed by atoms with Crippen molar-refractivity contribution in [2.24, 2.45) is 5.92 Å². The van der Waals surface area contributed by atoms with E-state index in [2.05, 4.69) is 48.5 Å². The van der Waals surface area contributed by atoms with Gasteiger partial charge in [0, 0.05) is 25.4 Å². The van der Waals surface area contributed by atoms with Crippen molar-refractivity contribution in [3.8, 4) is 11.1 Å². The number of aliphatic hydroxyl groups is 1. The van der Waals surface area contributed by atoms with Crippen LogP contribution < -0.4 is 0 Å². The molecule has 0 radical (unpaired) electrons. The largest absolute Gasteiger partial charge is 0.512 e. The van der Waals surface area contributed by atoms with Crippen LogP contribution in [-0.2, 0) is 4.74 Å². The Bertz CT molecular complexity index is 936. The molecule has 4 heteroatoms. The van der Waals surface area contributed by atoms with Crippen LogP contribution in [0.25, 0.3) is 11.1 Å². The predicted octanol–water partition coefficient (Wildman–Crippen LogP) is 6.42. The summed E-state index contributed by atoms with van der Waals surface area (Å²) in [5.41, 5.74) is 6.26. The molecule has 2 aliphatic carbocycles. The summed E-state index contributed by atoms with van der Waals surface area (Å²) in [7, 11) is 0. The molecule has 0 bridgehead atoms. The van der Waals surface area contributed by atoms with Gasteiger partial charge < -0.3 is 14.7 Å². The van der Waals surface area contributed by atoms with E-state index in [0.717, 1.165) is 58.0 Å². The summed E-state index contributed by atoms with van der Waals surface area (Å²) in [6, 6.07) is 16.9. The number of likely N-dealkylation sites (tertiary alicyclic amines) is 1. The molecule has 1 amide bonds. The van der Waals surface area contributed by atoms with Crippen LogP contribution in [0, 0.1) is 5.92 Å². The first kappa shape index (κ1) is 20.2. The summed E-state index contributed by atoms with van der Waals surface area (Å²) in [5.74, 6) is 1.40. The molecule has 1 aliphatic heterocycles. The lowest BCUT2D eigenvalue weighted by atomic mass is 9.91. The predicted molar refractivity (Wildman–Crippen MR) is 122 cm³/mol. The maximum Gasteiger partial charge on any atom is 0.409 e. The fourth-order valence-electron chi connectivity index (χ4n) is 5.18. The number of piperidine rings is 1. The number of aliphatic hydroxyl groups excluding tert-OH is 1. The van der Waals surface area contributed by atoms with Gasteiger partial charge in [0.05, 0.1) is 5.76 Å². The molecule has 1 saturated carbocycles. The van der Waals surface area contributed by atoms with Gasteiger partial charge in [0.15, 0.2) is 0 Å². The van der Waals surface area contributed by atoms with E-state index in [1.54, 1.807) is 0 Å². The van der Waals surface area contributed by atoms with Crippen molar-refractivity contribution in [1.82, 2.24) is 4.90 Å². The van der Waals surface area contributed by atoms with Crippen LogP contribution in [0.5, 0.6) is 0 Å². The Labute approximate surface area is 184 Å². The molecule has 31 heavy (non-hydrogen) atoms. The molecule has 162 valence electrons. The minimum Gasteiger partial charge on any atom is -0.512 e. The van der Waals surface area contributed by atoms with E-state index in [1.807, 2.05) is 4.90 Å². The van der Waals surface area contributed by atoms with E-state index in [1.165, 1.54) is 27.8 Å². The average Bonchev–Trinajstić information content (AvgIpc) is 3.61. The Morgan fingerprint density at radius 1 is 0.968 bits per heavy atom. The van der Waals surface area contributed by atoms with E-state index in [9.17, 15) is 9.90 Å². The standard InChI is InChI=1S/C27H31NO3/c29-26(20-12-13-20)11-5-6-19-14-16-28(17-15-19)27(30)31-18-25-23-9-3-1-7-21(23)22-8-2-4-10-24(22)25/h1-4,7-10,19,25,29H,5-6,11-18H2. The van der Waals surface area contributed by atoms with Crippen LogP contribution in [-0.4, -0.2) is 35.8 Å². The Kier molecular flexibility index (Phi) is 5.71. The maximum atomic E-state index is 12.7. The van der Waals surface area contributed by atoms with Gasteiger partial charge in [-0.15, -0.1) is 0 Å². The zero-order valence-electron chi connectivity index (χ0n) is 18.1. The van der Waals surface area contributed by atoms with E-state index in [0.29, 0.717) is 18.3 Å². The number of hydrogen-bond acceptors (Lipinski definition) is 3. The number of hydrogen-bond donors (Lipinski definition) is 1. The van der Waals surface area contributed by atoms with Crippen molar-refractivity contribution in [3.05, 3.63) is 71.0 Å². The summed E-state index contributed by atoms with van der Waals surface area (Å²) in [5, 5.41) is 9.91. The molecule has 4 nitrogen and oxygen atoms in total. The summed E-state index contributed by atoms with van der Waals surface area (Å²) >= 11 is 0. The molecule has 2 aromatic carbocycles. The van der Waals surface area contributed by atoms with Crippen molar-refractivity contribution < 1.29 is 14.6 Å². The second-order valence-electron chi connectivity index (χ2n) is 9.18. The molecule has 2 aromatic rings. The van der Waals surface area contributed by atoms with Crippen molar-refractivity contribution >= 4 is 6.09 Å². The zero-order chi connectivity index (χ0) is 21.2. The second kappa shape index (κ2) is 8.78. The highest BCUT2D eigenvalue weighted by molar-refractivity contribution is 5.79. The topological polar surface area (TPSA) is 49.8 Å². The second-order valence-corrected chi connectivity index (χ2v) is 9.18. The molecule has 3 aliphatic rings. The summed E-state index contributed by atoms with van der Waals surface area (Å²) in [6.45, 7) is 1.93. The fourth-order valence-corrected chi connectivity index (χ4v) is 5.18. The van der Waals surface area contributed by atoms with Gasteiger partial charge in [-0.1, -0.05) is 48.5 Å². The van der Waals surface area contributed by atoms with E-state index in [-0.39, 0.29) is 12.0 Å². The molecule has 1 heterocycles. The number of amides is 1. The quantitative estimate of drug-likeness (QED) is 0.552. The number of allylic oxidation sites excluding steroid dienone is 2. The van der Waals surface area contributed by atoms with Crippen LogP contribution in [0.2, 0.25) is 0 Å². The molecule has 2 fully saturated rings. The highest BCUT2D eigenvalue weighted by Crippen LogP contribution is 2.44. The minimum atomic E-state index is -0.184. The Balaban J connectivity index is 1.11. The molecule has 1 N–H and O–H groups in total. The third-order valence-corrected chi connectivity index (χ3v) is 7.14. The number of carbonyl (C=O) groups excluding carboxylic acids is 1. The Morgan fingerprint density at radius 3 is 2.19 bits per heavy atom. The van der Waals surface area contributed by atoms with Gasteiger partial charge >= 0.3 is 6.09 Å². The highest BCUT2D eigenvalue weighted by Gasteiger charge is 2.30. The SMILES string of the molecule is O=C(OCC1c2ccccc2-c2ccccc21)N1CCC(CCCC(O)=C2CC2)CC1. The maximum absolute atomic E-state index is 12.7. The Hall–Kier alpha value is -2.75. The number of ether oxygens (including phenoxy) is 1. The summed E-state index contributed by atoms with van der Waals surface area (Å²) in [4.78, 5) is 14.6. The first-order valence-corrected chi connectivity index (χ1v) is 11.7. The van der Waals surface area contributed by atoms with Crippen molar-refractivity contribution in [1.29, 1.82) is 0 Å². The van der Waals surface area contributed by atoms with Crippen molar-refractivity contribution in [2.75, 3.05) is 19.7 Å². The molecule has 5 rings (SSSR count). The van der Waals surface area contributed by atoms with Crippen molar-refractivity contribution in [2.45, 2.75) is 50.9 Å². The minimum absolute atomic E-state index is 0.113. The van der Waals surface area contributed by atoms with E-state index in [4.69, 9.17) is 4.74 Å². The number of carbonyl (C=O) groups is 1. The number of benzene rings is 2. The fraction of sp³-hybridized carbons (Fsp3) is 0.444. The third kappa shape index (κ3) is 4.34. The van der Waals surface area contributed by atoms with Crippen LogP contribution in [0.1, 0.15) is 62.0 Å². The number of rotatable bonds is 6. The van der Waals surface area contributed by atoms with Crippen LogP contribution >= 0.6 is 0 Å². The number of nitrogens with zero attached hydrogens (tertiary/aromatic N) is 1. The average molecular weight is 418 g/mol. The van der Waals surface area contributed by atoms with Gasteiger partial charge in [-0.2, -0.15) is 0 Å². The monoisotopic (exact) mass is 417 g/mol. The van der Waals surface area contributed by atoms with E-state index >= 15 is 0 Å². The lowest BCUT2D eigenvalue weighted by molar-refractivity contribution is 0.0845. The van der Waals surface area contributed by atoms with Gasteiger partial charge in [-0.3, -0.25) is 0 Å². The van der Waals surface area contributed by atoms with Gasteiger partial charge in [0.1, 0.15) is 6.61 Å². The molecule has 0 aromatic heterocycles. The zero-order valence-corrected chi connectivity index (χ0v) is 18.1. The first-order chi connectivity index (χ1) is 15.2. The normalized spacial score (nSPS) is 17.9. The smallest absolute Gasteiger partial charge is 0.409 e. The van der Waals surface area contributed by atoms with Crippen LogP contribution in [0.15, 0.2) is 59.9 Å². The lowest BCUT2D eigenvalue weighted by Crippen LogP contribution is -2.39. The van der Waals surface area contributed by atoms with Crippen molar-refractivity contribution in [3.63, 3.8) is 0 Å². The van der Waals surface area contributed by atoms with Gasteiger partial charge in [-0.05, 0) is 72.3 Å². The lowest BCUT2D eigenvalue weighted by Gasteiger charge is -2.31. The van der Waals surface area contributed by atoms with Crippen LogP contribution in [0.3, 0.4) is 0 Å².